The quantitative estimate of drug-likeness (QED) is 0.780. The van der Waals surface area contributed by atoms with E-state index >= 15 is 0 Å². The summed E-state index contributed by atoms with van der Waals surface area (Å²) in [7, 11) is 0. The first-order chi connectivity index (χ1) is 7.46. The minimum absolute atomic E-state index is 0.241. The molecule has 1 aliphatic rings. The number of carbonyl (C=O) groups is 2. The van der Waals surface area contributed by atoms with Crippen LogP contribution in [0.4, 0.5) is 9.18 Å². The van der Waals surface area contributed by atoms with Crippen molar-refractivity contribution < 1.29 is 23.8 Å². The van der Waals surface area contributed by atoms with E-state index in [2.05, 4.69) is 5.32 Å². The van der Waals surface area contributed by atoms with Gasteiger partial charge in [-0.1, -0.05) is 0 Å². The molecule has 0 heterocycles. The topological polar surface area (TPSA) is 75.6 Å². The van der Waals surface area contributed by atoms with Crippen LogP contribution in [0.15, 0.2) is 0 Å². The van der Waals surface area contributed by atoms with E-state index in [1.807, 2.05) is 0 Å². The fourth-order valence-electron chi connectivity index (χ4n) is 2.00. The first-order valence-corrected chi connectivity index (χ1v) is 5.39. The molecule has 1 rings (SSSR count). The lowest BCUT2D eigenvalue weighted by atomic mass is 9.67. The summed E-state index contributed by atoms with van der Waals surface area (Å²) in [5.41, 5.74) is -3.80. The molecule has 0 saturated heterocycles. The number of nitrogens with one attached hydrogen (secondary N) is 1. The second-order valence-electron chi connectivity index (χ2n) is 5.78. The molecular weight excluding hydrogens is 229 g/mol. The molecule has 1 saturated carbocycles. The molecule has 0 unspecified atom stereocenters. The van der Waals surface area contributed by atoms with Gasteiger partial charge in [-0.3, -0.25) is 0 Å². The molecule has 1 amide bonds. The predicted molar refractivity (Wildman–Crippen MR) is 58.5 cm³/mol. The van der Waals surface area contributed by atoms with E-state index in [0.29, 0.717) is 0 Å². The molecule has 0 aromatic carbocycles. The monoisotopic (exact) mass is 247 g/mol. The lowest BCUT2D eigenvalue weighted by Gasteiger charge is -2.47. The van der Waals surface area contributed by atoms with E-state index in [-0.39, 0.29) is 12.8 Å². The van der Waals surface area contributed by atoms with E-state index in [1.54, 1.807) is 20.8 Å². The normalized spacial score (nSPS) is 32.5. The molecule has 0 radical (unpaired) electrons. The third kappa shape index (κ3) is 3.31. The Balaban J connectivity index is 2.65. The fourth-order valence-corrected chi connectivity index (χ4v) is 2.00. The predicted octanol–water partition coefficient (Wildman–Crippen LogP) is 1.86. The maximum absolute atomic E-state index is 13.4. The standard InChI is InChI=1S/C11H18FNO4/c1-9(2,3)17-8(16)13-11(7(14)15)5-10(4,12)6-11/h5-6H2,1-4H3,(H,13,16)(H,14,15). The van der Waals surface area contributed by atoms with Gasteiger partial charge >= 0.3 is 12.1 Å². The van der Waals surface area contributed by atoms with E-state index in [9.17, 15) is 14.0 Å². The second-order valence-corrected chi connectivity index (χ2v) is 5.78. The molecule has 17 heavy (non-hydrogen) atoms. The molecule has 6 heteroatoms. The van der Waals surface area contributed by atoms with Crippen molar-refractivity contribution in [3.05, 3.63) is 0 Å². The Hall–Kier alpha value is -1.33. The number of ether oxygens (including phenoxy) is 1. The van der Waals surface area contributed by atoms with Crippen LogP contribution in [-0.2, 0) is 9.53 Å². The number of rotatable bonds is 2. The van der Waals surface area contributed by atoms with Crippen molar-refractivity contribution in [2.24, 2.45) is 0 Å². The fraction of sp³-hybridized carbons (Fsp3) is 0.818. The average molecular weight is 247 g/mol. The largest absolute Gasteiger partial charge is 0.479 e. The summed E-state index contributed by atoms with van der Waals surface area (Å²) < 4.78 is 18.3. The number of alkyl carbamates (subject to hydrolysis) is 1. The van der Waals surface area contributed by atoms with Crippen LogP contribution in [0.2, 0.25) is 0 Å². The molecule has 1 aliphatic carbocycles. The van der Waals surface area contributed by atoms with Crippen molar-refractivity contribution in [1.29, 1.82) is 0 Å². The summed E-state index contributed by atoms with van der Waals surface area (Å²) in [5.74, 6) is -1.24. The van der Waals surface area contributed by atoms with Crippen molar-refractivity contribution in [3.8, 4) is 0 Å². The van der Waals surface area contributed by atoms with Crippen LogP contribution in [0.5, 0.6) is 0 Å². The molecule has 0 spiro atoms. The second kappa shape index (κ2) is 3.85. The van der Waals surface area contributed by atoms with Crippen LogP contribution in [0.1, 0.15) is 40.5 Å². The van der Waals surface area contributed by atoms with Crippen LogP contribution in [0.25, 0.3) is 0 Å². The van der Waals surface area contributed by atoms with Crippen LogP contribution in [0.3, 0.4) is 0 Å². The summed E-state index contributed by atoms with van der Waals surface area (Å²) in [5, 5.41) is 11.3. The zero-order valence-electron chi connectivity index (χ0n) is 10.5. The Kier molecular flexibility index (Phi) is 3.11. The first-order valence-electron chi connectivity index (χ1n) is 5.39. The summed E-state index contributed by atoms with van der Waals surface area (Å²) in [6.07, 6.45) is -1.32. The number of alkyl halides is 1. The van der Waals surface area contributed by atoms with Gasteiger partial charge in [0.15, 0.2) is 0 Å². The number of hydrogen-bond acceptors (Lipinski definition) is 3. The summed E-state index contributed by atoms with van der Waals surface area (Å²) >= 11 is 0. The van der Waals surface area contributed by atoms with Crippen LogP contribution in [0, 0.1) is 0 Å². The van der Waals surface area contributed by atoms with E-state index < -0.39 is 28.9 Å². The summed E-state index contributed by atoms with van der Waals surface area (Å²) in [6.45, 7) is 6.31. The molecule has 1 fully saturated rings. The van der Waals surface area contributed by atoms with Crippen LogP contribution < -0.4 is 5.32 Å². The van der Waals surface area contributed by atoms with Crippen molar-refractivity contribution in [3.63, 3.8) is 0 Å². The Morgan fingerprint density at radius 3 is 2.12 bits per heavy atom. The van der Waals surface area contributed by atoms with Crippen molar-refractivity contribution in [1.82, 2.24) is 5.32 Å². The Labute approximate surface area is 99.3 Å². The maximum atomic E-state index is 13.4. The lowest BCUT2D eigenvalue weighted by molar-refractivity contribution is -0.157. The molecule has 0 atom stereocenters. The van der Waals surface area contributed by atoms with Gasteiger partial charge in [-0.2, -0.15) is 0 Å². The van der Waals surface area contributed by atoms with Crippen molar-refractivity contribution in [2.45, 2.75) is 57.3 Å². The molecule has 0 aromatic rings. The molecule has 0 bridgehead atoms. The molecular formula is C11H18FNO4. The van der Waals surface area contributed by atoms with Gasteiger partial charge in [0.25, 0.3) is 0 Å². The molecule has 0 aromatic heterocycles. The van der Waals surface area contributed by atoms with Gasteiger partial charge < -0.3 is 15.2 Å². The molecule has 0 aliphatic heterocycles. The lowest BCUT2D eigenvalue weighted by Crippen LogP contribution is -2.67. The maximum Gasteiger partial charge on any atom is 0.408 e. The smallest absolute Gasteiger partial charge is 0.408 e. The Morgan fingerprint density at radius 1 is 1.35 bits per heavy atom. The van der Waals surface area contributed by atoms with Gasteiger partial charge in [-0.05, 0) is 27.7 Å². The number of aliphatic carboxylic acids is 1. The Morgan fingerprint density at radius 2 is 1.82 bits per heavy atom. The number of carbonyl (C=O) groups excluding carboxylic acids is 1. The SMILES string of the molecule is CC1(F)CC(NC(=O)OC(C)(C)C)(C(=O)O)C1. The van der Waals surface area contributed by atoms with Crippen LogP contribution >= 0.6 is 0 Å². The highest BCUT2D eigenvalue weighted by Gasteiger charge is 2.59. The number of halogens is 1. The summed E-state index contributed by atoms with van der Waals surface area (Å²) in [4.78, 5) is 22.5. The van der Waals surface area contributed by atoms with Gasteiger partial charge in [0.05, 0.1) is 0 Å². The number of carboxylic acids is 1. The minimum Gasteiger partial charge on any atom is -0.479 e. The van der Waals surface area contributed by atoms with Gasteiger partial charge in [-0.25, -0.2) is 14.0 Å². The summed E-state index contributed by atoms with van der Waals surface area (Å²) in [6, 6.07) is 0. The van der Waals surface area contributed by atoms with Gasteiger partial charge in [0.1, 0.15) is 16.8 Å². The van der Waals surface area contributed by atoms with Gasteiger partial charge in [0.2, 0.25) is 0 Å². The minimum atomic E-state index is -1.55. The highest BCUT2D eigenvalue weighted by Crippen LogP contribution is 2.44. The highest BCUT2D eigenvalue weighted by molar-refractivity contribution is 5.86. The van der Waals surface area contributed by atoms with Gasteiger partial charge in [-0.15, -0.1) is 0 Å². The number of amides is 1. The van der Waals surface area contributed by atoms with Crippen molar-refractivity contribution in [2.75, 3.05) is 0 Å². The van der Waals surface area contributed by atoms with Crippen LogP contribution in [-0.4, -0.2) is 34.0 Å². The van der Waals surface area contributed by atoms with E-state index in [4.69, 9.17) is 9.84 Å². The third-order valence-electron chi connectivity index (χ3n) is 2.49. The molecule has 5 nitrogen and oxygen atoms in total. The van der Waals surface area contributed by atoms with E-state index in [0.717, 1.165) is 0 Å². The zero-order valence-corrected chi connectivity index (χ0v) is 10.5. The average Bonchev–Trinajstić information content (AvgIpc) is 1.94. The molecule has 2 N–H and O–H groups in total. The van der Waals surface area contributed by atoms with E-state index in [1.165, 1.54) is 6.92 Å². The molecule has 98 valence electrons. The number of hydrogen-bond donors (Lipinski definition) is 2. The Bertz CT molecular complexity index is 338. The van der Waals surface area contributed by atoms with Gasteiger partial charge in [0, 0.05) is 12.8 Å². The third-order valence-corrected chi connectivity index (χ3v) is 2.49. The first kappa shape index (κ1) is 13.7. The zero-order chi connectivity index (χ0) is 13.5. The highest BCUT2D eigenvalue weighted by atomic mass is 19.1. The van der Waals surface area contributed by atoms with Crippen molar-refractivity contribution >= 4 is 12.1 Å². The number of carboxylic acid groups (broad SMARTS) is 1.